The van der Waals surface area contributed by atoms with Crippen molar-refractivity contribution in [1.82, 2.24) is 19.9 Å². The van der Waals surface area contributed by atoms with Gasteiger partial charge in [0.05, 0.1) is 17.0 Å². The first-order valence-corrected chi connectivity index (χ1v) is 19.8. The molecule has 0 aliphatic rings. The molecule has 0 saturated heterocycles. The van der Waals surface area contributed by atoms with Crippen LogP contribution in [-0.4, -0.2) is 69.2 Å². The lowest BCUT2D eigenvalue weighted by molar-refractivity contribution is 0.0696. The number of rotatable bonds is 9. The van der Waals surface area contributed by atoms with E-state index in [1.807, 2.05) is 161 Å². The highest BCUT2D eigenvalue weighted by atomic mass is 16.4. The Morgan fingerprint density at radius 2 is 0.969 bits per heavy atom. The van der Waals surface area contributed by atoms with Gasteiger partial charge in [-0.1, -0.05) is 108 Å². The SMILES string of the molecule is Cc1ccc(C(=O)Nc2ccc(C)c(Nc3nccc(-c4ccccc4)n3)c2)cc1.Cc1ccc(C(=O)O)cc1.Cc1ccc(N)cc1Nc1nccc(-c2ccccc2)n1.[B].[B].[B][B]. The van der Waals surface area contributed by atoms with Crippen molar-refractivity contribution in [3.8, 4) is 22.5 Å². The van der Waals surface area contributed by atoms with Crippen LogP contribution in [0.4, 0.5) is 34.6 Å². The third-order valence-electron chi connectivity index (χ3n) is 9.31. The molecular formula is C50H46B4N8O3. The minimum Gasteiger partial charge on any atom is -0.478 e. The molecule has 6 aromatic carbocycles. The molecule has 0 bridgehead atoms. The van der Waals surface area contributed by atoms with E-state index < -0.39 is 5.97 Å². The van der Waals surface area contributed by atoms with E-state index in [0.29, 0.717) is 34.4 Å². The zero-order chi connectivity index (χ0) is 45.1. The summed E-state index contributed by atoms with van der Waals surface area (Å²) in [6, 6.07) is 49.5. The molecule has 11 nitrogen and oxygen atoms in total. The van der Waals surface area contributed by atoms with Crippen LogP contribution in [0.2, 0.25) is 0 Å². The smallest absolute Gasteiger partial charge is 0.335 e. The van der Waals surface area contributed by atoms with Gasteiger partial charge in [-0.2, -0.15) is 0 Å². The first-order valence-electron chi connectivity index (χ1n) is 19.8. The van der Waals surface area contributed by atoms with E-state index >= 15 is 0 Å². The summed E-state index contributed by atoms with van der Waals surface area (Å²) in [5, 5.41) is 17.9. The van der Waals surface area contributed by atoms with E-state index in [1.165, 1.54) is 0 Å². The normalized spacial score (nSPS) is 9.66. The summed E-state index contributed by atoms with van der Waals surface area (Å²) in [6.45, 7) is 7.93. The fourth-order valence-corrected chi connectivity index (χ4v) is 5.83. The number of aryl methyl sites for hydroxylation is 4. The van der Waals surface area contributed by atoms with E-state index in [1.54, 1.807) is 36.7 Å². The summed E-state index contributed by atoms with van der Waals surface area (Å²) in [5.41, 5.74) is 18.1. The summed E-state index contributed by atoms with van der Waals surface area (Å²) in [7, 11) is 8.00. The van der Waals surface area contributed by atoms with Crippen molar-refractivity contribution < 1.29 is 14.7 Å². The van der Waals surface area contributed by atoms with Gasteiger partial charge >= 0.3 is 5.97 Å². The number of nitrogen functional groups attached to an aromatic ring is 1. The maximum atomic E-state index is 12.5. The van der Waals surface area contributed by atoms with Gasteiger partial charge in [-0.15, -0.1) is 0 Å². The largest absolute Gasteiger partial charge is 0.478 e. The maximum Gasteiger partial charge on any atom is 0.335 e. The number of carbonyl (C=O) groups excluding carboxylic acids is 1. The fraction of sp³-hybridized carbons (Fsp3) is 0.0800. The van der Waals surface area contributed by atoms with Gasteiger partial charge < -0.3 is 26.8 Å². The highest BCUT2D eigenvalue weighted by molar-refractivity contribution is 6.75. The van der Waals surface area contributed by atoms with E-state index in [0.717, 1.165) is 56.1 Å². The van der Waals surface area contributed by atoms with Crippen molar-refractivity contribution >= 4 is 78.8 Å². The molecule has 2 heterocycles. The molecule has 0 spiro atoms. The summed E-state index contributed by atoms with van der Waals surface area (Å²) >= 11 is 0. The Morgan fingerprint density at radius 1 is 0.538 bits per heavy atom. The quantitative estimate of drug-likeness (QED) is 0.0697. The van der Waals surface area contributed by atoms with Crippen molar-refractivity contribution in [3.63, 3.8) is 0 Å². The zero-order valence-electron chi connectivity index (χ0n) is 36.6. The topological polar surface area (TPSA) is 168 Å². The van der Waals surface area contributed by atoms with Gasteiger partial charge in [-0.3, -0.25) is 4.79 Å². The highest BCUT2D eigenvalue weighted by Gasteiger charge is 2.10. The van der Waals surface area contributed by atoms with Crippen LogP contribution in [0.15, 0.2) is 170 Å². The van der Waals surface area contributed by atoms with Crippen molar-refractivity contribution in [1.29, 1.82) is 0 Å². The molecular weight excluding hydrogens is 804 g/mol. The van der Waals surface area contributed by atoms with Crippen molar-refractivity contribution in [2.75, 3.05) is 21.7 Å². The lowest BCUT2D eigenvalue weighted by Crippen LogP contribution is -2.12. The summed E-state index contributed by atoms with van der Waals surface area (Å²) < 4.78 is 0. The minimum atomic E-state index is -0.875. The van der Waals surface area contributed by atoms with Gasteiger partial charge in [0, 0.05) is 84.1 Å². The fourth-order valence-electron chi connectivity index (χ4n) is 5.83. The van der Waals surface area contributed by atoms with Crippen LogP contribution >= 0.6 is 0 Å². The number of carbonyl (C=O) groups is 2. The number of aromatic carboxylic acids is 1. The number of carboxylic acid groups (broad SMARTS) is 1. The number of benzene rings is 6. The van der Waals surface area contributed by atoms with Crippen molar-refractivity contribution in [2.45, 2.75) is 27.7 Å². The van der Waals surface area contributed by atoms with Crippen LogP contribution in [0.5, 0.6) is 0 Å². The van der Waals surface area contributed by atoms with Crippen LogP contribution in [0.1, 0.15) is 43.0 Å². The van der Waals surface area contributed by atoms with Crippen LogP contribution in [0.25, 0.3) is 22.5 Å². The number of nitrogens with one attached hydrogen (secondary N) is 3. The van der Waals surface area contributed by atoms with E-state index in [-0.39, 0.29) is 22.7 Å². The predicted molar refractivity (Wildman–Crippen MR) is 269 cm³/mol. The van der Waals surface area contributed by atoms with Crippen LogP contribution < -0.4 is 21.7 Å². The Kier molecular flexibility index (Phi) is 20.5. The van der Waals surface area contributed by atoms with Crippen LogP contribution in [0.3, 0.4) is 0 Å². The first-order chi connectivity index (χ1) is 30.5. The van der Waals surface area contributed by atoms with Gasteiger partial charge in [-0.25, -0.2) is 24.7 Å². The number of anilines is 6. The summed E-state index contributed by atoms with van der Waals surface area (Å²) in [4.78, 5) is 40.6. The molecule has 6 N–H and O–H groups in total. The highest BCUT2D eigenvalue weighted by Crippen LogP contribution is 2.26. The Morgan fingerprint density at radius 3 is 1.43 bits per heavy atom. The second-order valence-corrected chi connectivity index (χ2v) is 14.1. The van der Waals surface area contributed by atoms with E-state index in [9.17, 15) is 9.59 Å². The number of aromatic nitrogens is 4. The average Bonchev–Trinajstić information content (AvgIpc) is 3.31. The lowest BCUT2D eigenvalue weighted by atomic mass is 9.81. The van der Waals surface area contributed by atoms with Crippen molar-refractivity contribution in [2.24, 2.45) is 0 Å². The Labute approximate surface area is 387 Å². The second kappa shape index (κ2) is 25.9. The molecule has 0 unspecified atom stereocenters. The van der Waals surface area contributed by atoms with Gasteiger partial charge in [0.1, 0.15) is 0 Å². The molecule has 8 aromatic rings. The molecule has 1 amide bonds. The zero-order valence-corrected chi connectivity index (χ0v) is 36.6. The number of hydrogen-bond donors (Lipinski definition) is 5. The predicted octanol–water partition coefficient (Wildman–Crippen LogP) is 9.70. The summed E-state index contributed by atoms with van der Waals surface area (Å²) in [6.07, 6.45) is 3.48. The summed E-state index contributed by atoms with van der Waals surface area (Å²) in [5.74, 6) is 0.0404. The number of amides is 1. The second-order valence-electron chi connectivity index (χ2n) is 14.1. The molecule has 8 rings (SSSR count). The molecule has 316 valence electrons. The van der Waals surface area contributed by atoms with E-state index in [4.69, 9.17) is 10.8 Å². The standard InChI is InChI=1S/C25H22N4O.C17H16N4.C8H8O2.B2.2B/c1-17-8-11-20(12-9-17)24(30)27-21-13-10-18(2)23(16-21)29-25-26-15-14-22(28-25)19-6-4-3-5-7-19;1-12-7-8-14(18)11-16(12)21-17-19-10-9-15(20-17)13-5-3-2-4-6-13;1-6-2-4-7(5-3-6)8(9)10;1-2;;/h3-16H,1-2H3,(H,27,30)(H,26,28,29);2-11H,18H2,1H3,(H,19,20,21);2-5H,1H3,(H,9,10);;;. The Bertz CT molecular complexity index is 2730. The Balaban J connectivity index is 0.000000279. The minimum absolute atomic E-state index is 0. The van der Waals surface area contributed by atoms with E-state index in [2.05, 4.69) is 51.4 Å². The molecule has 2 aromatic heterocycles. The third-order valence-corrected chi connectivity index (χ3v) is 9.31. The van der Waals surface area contributed by atoms with Gasteiger partial charge in [0.25, 0.3) is 5.91 Å². The number of carboxylic acids is 1. The molecule has 0 aliphatic heterocycles. The number of nitrogens with two attached hydrogens (primary N) is 1. The van der Waals surface area contributed by atoms with Crippen LogP contribution in [0, 0.1) is 27.7 Å². The first kappa shape index (κ1) is 51.4. The maximum absolute atomic E-state index is 12.5. The molecule has 0 saturated carbocycles. The molecule has 10 radical (unpaired) electrons. The average molecular weight is 850 g/mol. The molecule has 0 aliphatic carbocycles. The van der Waals surface area contributed by atoms with Crippen LogP contribution in [-0.2, 0) is 0 Å². The monoisotopic (exact) mass is 850 g/mol. The van der Waals surface area contributed by atoms with Gasteiger partial charge in [0.15, 0.2) is 0 Å². The molecule has 65 heavy (non-hydrogen) atoms. The molecule has 0 atom stereocenters. The van der Waals surface area contributed by atoms with Gasteiger partial charge in [-0.05, 0) is 99.5 Å². The molecule has 15 heteroatoms. The number of nitrogens with zero attached hydrogens (tertiary/aromatic N) is 4. The lowest BCUT2D eigenvalue weighted by Gasteiger charge is -2.12. The molecule has 0 fully saturated rings. The number of hydrogen-bond acceptors (Lipinski definition) is 9. The Hall–Kier alpha value is -7.92. The van der Waals surface area contributed by atoms with Gasteiger partial charge in [0.2, 0.25) is 11.9 Å². The third kappa shape index (κ3) is 15.7. The van der Waals surface area contributed by atoms with Crippen molar-refractivity contribution in [3.05, 3.63) is 203 Å².